The molecule has 1 fully saturated rings. The van der Waals surface area contributed by atoms with Crippen LogP contribution in [0.5, 0.6) is 0 Å². The second kappa shape index (κ2) is 9.99. The van der Waals surface area contributed by atoms with E-state index >= 15 is 0 Å². The Morgan fingerprint density at radius 3 is 2.70 bits per heavy atom. The topological polar surface area (TPSA) is 66.5 Å². The van der Waals surface area contributed by atoms with Gasteiger partial charge in [-0.15, -0.1) is 0 Å². The van der Waals surface area contributed by atoms with Crippen molar-refractivity contribution in [3.63, 3.8) is 0 Å². The number of benzene rings is 1. The molecule has 2 N–H and O–H groups in total. The van der Waals surface area contributed by atoms with Gasteiger partial charge in [-0.2, -0.15) is 0 Å². The van der Waals surface area contributed by atoms with Crippen LogP contribution in [0.3, 0.4) is 0 Å². The number of rotatable bonds is 8. The van der Waals surface area contributed by atoms with Crippen LogP contribution in [-0.2, 0) is 11.2 Å². The van der Waals surface area contributed by atoms with Crippen LogP contribution in [0.2, 0.25) is 0 Å². The quantitative estimate of drug-likeness (QED) is 0.741. The van der Waals surface area contributed by atoms with Crippen molar-refractivity contribution < 1.29 is 13.9 Å². The number of hydrogen-bond acceptors (Lipinski definition) is 5. The lowest BCUT2D eigenvalue weighted by Gasteiger charge is -2.26. The smallest absolute Gasteiger partial charge is 0.252 e. The summed E-state index contributed by atoms with van der Waals surface area (Å²) in [5, 5.41) is 6.19. The molecule has 0 saturated carbocycles. The largest absolute Gasteiger partial charge is 0.383 e. The van der Waals surface area contributed by atoms with Gasteiger partial charge < -0.3 is 15.4 Å². The highest BCUT2D eigenvalue weighted by molar-refractivity contribution is 5.94. The molecule has 0 aliphatic carbocycles. The van der Waals surface area contributed by atoms with Crippen LogP contribution in [0.15, 0.2) is 42.7 Å². The van der Waals surface area contributed by atoms with E-state index in [9.17, 15) is 9.18 Å². The van der Waals surface area contributed by atoms with E-state index in [0.29, 0.717) is 18.7 Å². The number of ether oxygens (including phenoxy) is 1. The summed E-state index contributed by atoms with van der Waals surface area (Å²) in [6, 6.07) is 8.25. The van der Waals surface area contributed by atoms with E-state index in [1.54, 1.807) is 30.6 Å². The van der Waals surface area contributed by atoms with E-state index in [0.717, 1.165) is 50.5 Å². The van der Waals surface area contributed by atoms with Gasteiger partial charge in [0.15, 0.2) is 0 Å². The molecule has 2 heterocycles. The minimum atomic E-state index is -0.233. The van der Waals surface area contributed by atoms with Gasteiger partial charge in [-0.3, -0.25) is 14.7 Å². The molecule has 1 amide bonds. The number of carbonyl (C=O) groups excluding carboxylic acids is 1. The van der Waals surface area contributed by atoms with Crippen molar-refractivity contribution in [3.8, 4) is 0 Å². The molecule has 7 heteroatoms. The number of amides is 1. The maximum atomic E-state index is 12.9. The number of morpholine rings is 1. The van der Waals surface area contributed by atoms with Crippen molar-refractivity contribution >= 4 is 11.6 Å². The van der Waals surface area contributed by atoms with Crippen molar-refractivity contribution in [2.45, 2.75) is 6.42 Å². The normalized spacial score (nSPS) is 14.7. The highest BCUT2D eigenvalue weighted by atomic mass is 19.1. The average molecular weight is 372 g/mol. The summed E-state index contributed by atoms with van der Waals surface area (Å²) in [6.45, 7) is 5.41. The lowest BCUT2D eigenvalue weighted by molar-refractivity contribution is 0.0383. The van der Waals surface area contributed by atoms with Crippen LogP contribution in [0.4, 0.5) is 10.1 Å². The third-order valence-corrected chi connectivity index (χ3v) is 4.47. The fourth-order valence-electron chi connectivity index (χ4n) is 2.92. The first-order valence-electron chi connectivity index (χ1n) is 9.22. The fraction of sp³-hybridized carbons (Fsp3) is 0.400. The summed E-state index contributed by atoms with van der Waals surface area (Å²) < 4.78 is 18.2. The average Bonchev–Trinajstić information content (AvgIpc) is 2.70. The lowest BCUT2D eigenvalue weighted by Crippen LogP contribution is -2.41. The van der Waals surface area contributed by atoms with Crippen molar-refractivity contribution in [2.24, 2.45) is 0 Å². The van der Waals surface area contributed by atoms with E-state index in [2.05, 4.69) is 20.5 Å². The first-order chi connectivity index (χ1) is 13.2. The SMILES string of the molecule is O=C(NCCN1CCOCC1)c1cncc(NCCc2ccc(F)cc2)c1. The number of nitrogens with one attached hydrogen (secondary N) is 2. The molecule has 0 unspecified atom stereocenters. The van der Waals surface area contributed by atoms with Gasteiger partial charge in [0, 0.05) is 45.1 Å². The van der Waals surface area contributed by atoms with Gasteiger partial charge in [0.2, 0.25) is 0 Å². The number of carbonyl (C=O) groups is 1. The van der Waals surface area contributed by atoms with E-state index in [1.165, 1.54) is 12.1 Å². The Morgan fingerprint density at radius 1 is 1.15 bits per heavy atom. The Morgan fingerprint density at radius 2 is 1.93 bits per heavy atom. The Labute approximate surface area is 158 Å². The molecule has 1 saturated heterocycles. The summed E-state index contributed by atoms with van der Waals surface area (Å²) in [5.41, 5.74) is 2.37. The maximum absolute atomic E-state index is 12.9. The fourth-order valence-corrected chi connectivity index (χ4v) is 2.92. The third-order valence-electron chi connectivity index (χ3n) is 4.47. The van der Waals surface area contributed by atoms with Crippen LogP contribution < -0.4 is 10.6 Å². The van der Waals surface area contributed by atoms with E-state index in [4.69, 9.17) is 4.74 Å². The zero-order valence-corrected chi connectivity index (χ0v) is 15.3. The molecule has 144 valence electrons. The predicted molar refractivity (Wildman–Crippen MR) is 102 cm³/mol. The second-order valence-corrected chi connectivity index (χ2v) is 6.48. The molecule has 1 aliphatic heterocycles. The number of anilines is 1. The Bertz CT molecular complexity index is 733. The standard InChI is InChI=1S/C20H25FN4O2/c21-18-3-1-16(2-4-18)5-6-23-19-13-17(14-22-15-19)20(26)24-7-8-25-9-11-27-12-10-25/h1-4,13-15,23H,5-12H2,(H,24,26). The molecular weight excluding hydrogens is 347 g/mol. The molecule has 0 radical (unpaired) electrons. The zero-order valence-electron chi connectivity index (χ0n) is 15.3. The van der Waals surface area contributed by atoms with Crippen LogP contribution >= 0.6 is 0 Å². The number of nitrogens with zero attached hydrogens (tertiary/aromatic N) is 2. The summed E-state index contributed by atoms with van der Waals surface area (Å²) in [4.78, 5) is 18.7. The molecule has 0 bridgehead atoms. The molecule has 1 aromatic carbocycles. The number of aromatic nitrogens is 1. The molecule has 2 aromatic rings. The van der Waals surface area contributed by atoms with Crippen LogP contribution in [0.25, 0.3) is 0 Å². The van der Waals surface area contributed by atoms with Gasteiger partial charge in [0.1, 0.15) is 5.82 Å². The second-order valence-electron chi connectivity index (χ2n) is 6.48. The van der Waals surface area contributed by atoms with E-state index in [1.807, 2.05) is 0 Å². The molecule has 27 heavy (non-hydrogen) atoms. The molecule has 0 spiro atoms. The van der Waals surface area contributed by atoms with Gasteiger partial charge >= 0.3 is 0 Å². The van der Waals surface area contributed by atoms with Crippen LogP contribution in [-0.4, -0.2) is 61.7 Å². The summed E-state index contributed by atoms with van der Waals surface area (Å²) in [7, 11) is 0. The van der Waals surface area contributed by atoms with Gasteiger partial charge in [-0.25, -0.2) is 4.39 Å². The minimum absolute atomic E-state index is 0.127. The summed E-state index contributed by atoms with van der Waals surface area (Å²) in [6.07, 6.45) is 4.01. The molecule has 0 atom stereocenters. The van der Waals surface area contributed by atoms with Crippen molar-refractivity contribution in [1.82, 2.24) is 15.2 Å². The predicted octanol–water partition coefficient (Wildman–Crippen LogP) is 1.94. The molecule has 1 aromatic heterocycles. The van der Waals surface area contributed by atoms with Gasteiger partial charge in [-0.1, -0.05) is 12.1 Å². The Balaban J connectivity index is 1.43. The summed E-state index contributed by atoms with van der Waals surface area (Å²) in [5.74, 6) is -0.360. The molecule has 3 rings (SSSR count). The Hall–Kier alpha value is -2.51. The summed E-state index contributed by atoms with van der Waals surface area (Å²) >= 11 is 0. The van der Waals surface area contributed by atoms with Crippen molar-refractivity contribution in [3.05, 3.63) is 59.7 Å². The molecule has 1 aliphatic rings. The maximum Gasteiger partial charge on any atom is 0.252 e. The first kappa shape index (κ1) is 19.3. The first-order valence-corrected chi connectivity index (χ1v) is 9.22. The third kappa shape index (κ3) is 6.30. The van der Waals surface area contributed by atoms with Crippen molar-refractivity contribution in [2.75, 3.05) is 51.3 Å². The van der Waals surface area contributed by atoms with Gasteiger partial charge in [0.25, 0.3) is 5.91 Å². The number of halogens is 1. The Kier molecular flexibility index (Phi) is 7.12. The minimum Gasteiger partial charge on any atom is -0.383 e. The highest BCUT2D eigenvalue weighted by Gasteiger charge is 2.11. The molecular formula is C20H25FN4O2. The zero-order chi connectivity index (χ0) is 18.9. The van der Waals surface area contributed by atoms with E-state index < -0.39 is 0 Å². The number of pyridine rings is 1. The van der Waals surface area contributed by atoms with Crippen LogP contribution in [0.1, 0.15) is 15.9 Å². The highest BCUT2D eigenvalue weighted by Crippen LogP contribution is 2.09. The van der Waals surface area contributed by atoms with Gasteiger partial charge in [-0.05, 0) is 30.2 Å². The monoisotopic (exact) mass is 372 g/mol. The number of hydrogen-bond donors (Lipinski definition) is 2. The van der Waals surface area contributed by atoms with Crippen LogP contribution in [0, 0.1) is 5.82 Å². The van der Waals surface area contributed by atoms with Gasteiger partial charge in [0.05, 0.1) is 24.5 Å². The van der Waals surface area contributed by atoms with E-state index in [-0.39, 0.29) is 11.7 Å². The molecule has 6 nitrogen and oxygen atoms in total. The lowest BCUT2D eigenvalue weighted by atomic mass is 10.1. The van der Waals surface area contributed by atoms with Crippen molar-refractivity contribution in [1.29, 1.82) is 0 Å².